The summed E-state index contributed by atoms with van der Waals surface area (Å²) in [6.07, 6.45) is 6.45. The SMILES string of the molecule is CCCCCCc1csc(-c2ccc3c(c2)C2(c4ccccc4-c4ccccc42)c2ccccc2-3)c1. The van der Waals surface area contributed by atoms with E-state index in [0.29, 0.717) is 0 Å². The van der Waals surface area contributed by atoms with E-state index in [1.165, 1.54) is 92.6 Å². The Hall–Kier alpha value is -3.42. The Kier molecular flexibility index (Phi) is 5.22. The van der Waals surface area contributed by atoms with E-state index in [-0.39, 0.29) is 5.41 Å². The quantitative estimate of drug-likeness (QED) is 0.207. The zero-order valence-electron chi connectivity index (χ0n) is 20.8. The molecule has 2 aliphatic rings. The number of thiophene rings is 1. The van der Waals surface area contributed by atoms with Crippen LogP contribution in [0.5, 0.6) is 0 Å². The number of fused-ring (bicyclic) bond motifs is 10. The zero-order valence-corrected chi connectivity index (χ0v) is 21.6. The van der Waals surface area contributed by atoms with E-state index < -0.39 is 0 Å². The maximum Gasteiger partial charge on any atom is 0.0725 e. The van der Waals surface area contributed by atoms with Crippen LogP contribution >= 0.6 is 11.3 Å². The van der Waals surface area contributed by atoms with Crippen LogP contribution < -0.4 is 0 Å². The third-order valence-electron chi connectivity index (χ3n) is 8.25. The van der Waals surface area contributed by atoms with Crippen LogP contribution in [0.3, 0.4) is 0 Å². The lowest BCUT2D eigenvalue weighted by atomic mass is 9.70. The van der Waals surface area contributed by atoms with Gasteiger partial charge in [0.05, 0.1) is 5.41 Å². The summed E-state index contributed by atoms with van der Waals surface area (Å²) in [5, 5.41) is 2.37. The van der Waals surface area contributed by atoms with Crippen molar-refractivity contribution in [1.82, 2.24) is 0 Å². The number of benzene rings is 4. The van der Waals surface area contributed by atoms with Crippen LogP contribution in [0.25, 0.3) is 32.7 Å². The first kappa shape index (κ1) is 21.8. The second-order valence-corrected chi connectivity index (χ2v) is 11.2. The molecule has 0 fully saturated rings. The fraction of sp³-hybridized carbons (Fsp3) is 0.200. The minimum Gasteiger partial charge on any atom is -0.144 e. The molecular weight excluding hydrogens is 452 g/mol. The third-order valence-corrected chi connectivity index (χ3v) is 9.28. The standard InChI is InChI=1S/C35H30S/c1-2-3-4-5-12-24-21-34(36-23-24)25-19-20-29-28-15-8-11-18-32(28)35(33(29)22-25)30-16-9-6-13-26(30)27-14-7-10-17-31(27)35/h6-11,13-23H,2-5,12H2,1H3. The van der Waals surface area contributed by atoms with Crippen LogP contribution in [0.4, 0.5) is 0 Å². The normalized spacial score (nSPS) is 13.9. The minimum absolute atomic E-state index is 0.255. The number of rotatable bonds is 6. The highest BCUT2D eigenvalue weighted by molar-refractivity contribution is 7.13. The lowest BCUT2D eigenvalue weighted by Crippen LogP contribution is -2.25. The molecular formula is C35H30S. The van der Waals surface area contributed by atoms with E-state index in [4.69, 9.17) is 0 Å². The van der Waals surface area contributed by atoms with Crippen molar-refractivity contribution < 1.29 is 0 Å². The van der Waals surface area contributed by atoms with Gasteiger partial charge in [-0.1, -0.05) is 111 Å². The van der Waals surface area contributed by atoms with Crippen molar-refractivity contribution in [3.63, 3.8) is 0 Å². The van der Waals surface area contributed by atoms with Gasteiger partial charge in [0.15, 0.2) is 0 Å². The summed E-state index contributed by atoms with van der Waals surface area (Å²) in [6, 6.07) is 36.8. The van der Waals surface area contributed by atoms with Crippen molar-refractivity contribution in [2.75, 3.05) is 0 Å². The first-order chi connectivity index (χ1) is 17.8. The molecule has 0 N–H and O–H groups in total. The van der Waals surface area contributed by atoms with Crippen LogP contribution in [0.1, 0.15) is 60.4 Å². The second kappa shape index (κ2) is 8.61. The van der Waals surface area contributed by atoms with Gasteiger partial charge in [-0.05, 0) is 86.0 Å². The summed E-state index contributed by atoms with van der Waals surface area (Å²) in [4.78, 5) is 1.38. The Bertz CT molecular complexity index is 1520. The second-order valence-electron chi connectivity index (χ2n) is 10.3. The minimum atomic E-state index is -0.255. The van der Waals surface area contributed by atoms with Crippen LogP contribution in [0.15, 0.2) is 102 Å². The maximum absolute atomic E-state index is 2.50. The maximum atomic E-state index is 2.50. The monoisotopic (exact) mass is 482 g/mol. The van der Waals surface area contributed by atoms with Crippen molar-refractivity contribution in [2.24, 2.45) is 0 Å². The van der Waals surface area contributed by atoms with Gasteiger partial charge < -0.3 is 0 Å². The van der Waals surface area contributed by atoms with Crippen LogP contribution in [-0.4, -0.2) is 0 Å². The molecule has 0 atom stereocenters. The fourth-order valence-electron chi connectivity index (χ4n) is 6.66. The highest BCUT2D eigenvalue weighted by Crippen LogP contribution is 2.63. The van der Waals surface area contributed by atoms with E-state index in [1.54, 1.807) is 0 Å². The van der Waals surface area contributed by atoms with Gasteiger partial charge in [0, 0.05) is 4.88 Å². The van der Waals surface area contributed by atoms with Crippen molar-refractivity contribution in [3.8, 4) is 32.7 Å². The molecule has 0 unspecified atom stereocenters. The summed E-state index contributed by atoms with van der Waals surface area (Å²) in [5.41, 5.74) is 13.7. The molecule has 2 aliphatic carbocycles. The Morgan fingerprint density at radius 2 is 1.17 bits per heavy atom. The van der Waals surface area contributed by atoms with Gasteiger partial charge in [0.1, 0.15) is 0 Å². The first-order valence-electron chi connectivity index (χ1n) is 13.3. The molecule has 0 nitrogen and oxygen atoms in total. The smallest absolute Gasteiger partial charge is 0.0725 e. The van der Waals surface area contributed by atoms with E-state index in [1.807, 2.05) is 11.3 Å². The summed E-state index contributed by atoms with van der Waals surface area (Å²) < 4.78 is 0. The summed E-state index contributed by atoms with van der Waals surface area (Å²) >= 11 is 1.90. The molecule has 0 radical (unpaired) electrons. The Morgan fingerprint density at radius 1 is 0.583 bits per heavy atom. The predicted octanol–water partition coefficient (Wildman–Crippen LogP) is 9.88. The van der Waals surface area contributed by atoms with Gasteiger partial charge in [0.25, 0.3) is 0 Å². The van der Waals surface area contributed by atoms with Gasteiger partial charge in [-0.15, -0.1) is 11.3 Å². The molecule has 176 valence electrons. The van der Waals surface area contributed by atoms with Gasteiger partial charge in [-0.2, -0.15) is 0 Å². The van der Waals surface area contributed by atoms with E-state index in [0.717, 1.165) is 0 Å². The topological polar surface area (TPSA) is 0 Å². The Balaban J connectivity index is 1.41. The molecule has 7 rings (SSSR count). The largest absolute Gasteiger partial charge is 0.144 e. The predicted molar refractivity (Wildman–Crippen MR) is 154 cm³/mol. The van der Waals surface area contributed by atoms with E-state index >= 15 is 0 Å². The zero-order chi connectivity index (χ0) is 24.1. The lowest BCUT2D eigenvalue weighted by molar-refractivity contribution is 0.667. The number of aryl methyl sites for hydroxylation is 1. The van der Waals surface area contributed by atoms with Crippen molar-refractivity contribution in [3.05, 3.63) is 130 Å². The highest BCUT2D eigenvalue weighted by Gasteiger charge is 2.51. The molecule has 1 spiro atoms. The molecule has 0 saturated heterocycles. The molecule has 1 heteroatoms. The van der Waals surface area contributed by atoms with Crippen molar-refractivity contribution in [2.45, 2.75) is 44.4 Å². The van der Waals surface area contributed by atoms with Gasteiger partial charge in [-0.25, -0.2) is 0 Å². The summed E-state index contributed by atoms with van der Waals surface area (Å²) in [6.45, 7) is 2.28. The molecule has 36 heavy (non-hydrogen) atoms. The number of hydrogen-bond donors (Lipinski definition) is 0. The molecule has 4 aromatic carbocycles. The number of unbranched alkanes of at least 4 members (excludes halogenated alkanes) is 3. The van der Waals surface area contributed by atoms with Gasteiger partial charge in [0.2, 0.25) is 0 Å². The number of hydrogen-bond acceptors (Lipinski definition) is 1. The van der Waals surface area contributed by atoms with Crippen molar-refractivity contribution in [1.29, 1.82) is 0 Å². The first-order valence-corrected chi connectivity index (χ1v) is 14.2. The molecule has 0 amide bonds. The molecule has 1 aromatic heterocycles. The van der Waals surface area contributed by atoms with E-state index in [2.05, 4.69) is 109 Å². The summed E-state index contributed by atoms with van der Waals surface area (Å²) in [7, 11) is 0. The van der Waals surface area contributed by atoms with Crippen LogP contribution in [0.2, 0.25) is 0 Å². The molecule has 0 aliphatic heterocycles. The average Bonchev–Trinajstić information content (AvgIpc) is 3.60. The third kappa shape index (κ3) is 3.06. The highest BCUT2D eigenvalue weighted by atomic mass is 32.1. The van der Waals surface area contributed by atoms with Crippen LogP contribution in [0, 0.1) is 0 Å². The molecule has 0 saturated carbocycles. The molecule has 0 bridgehead atoms. The van der Waals surface area contributed by atoms with Gasteiger partial charge >= 0.3 is 0 Å². The van der Waals surface area contributed by atoms with E-state index in [9.17, 15) is 0 Å². The Morgan fingerprint density at radius 3 is 1.78 bits per heavy atom. The van der Waals surface area contributed by atoms with Gasteiger partial charge in [-0.3, -0.25) is 0 Å². The summed E-state index contributed by atoms with van der Waals surface area (Å²) in [5.74, 6) is 0. The molecule has 5 aromatic rings. The molecule has 1 heterocycles. The van der Waals surface area contributed by atoms with Crippen LogP contribution in [-0.2, 0) is 11.8 Å². The lowest BCUT2D eigenvalue weighted by Gasteiger charge is -2.30. The average molecular weight is 483 g/mol. The fourth-order valence-corrected chi connectivity index (χ4v) is 7.61. The van der Waals surface area contributed by atoms with Crippen molar-refractivity contribution >= 4 is 11.3 Å². The Labute approximate surface area is 218 Å².